The number of nitriles is 1. The molecule has 0 spiro atoms. The number of fused-ring (bicyclic) bond motifs is 2. The van der Waals surface area contributed by atoms with Gasteiger partial charge in [-0.2, -0.15) is 15.5 Å². The number of hydrogen-bond donors (Lipinski definition) is 0. The van der Waals surface area contributed by atoms with E-state index in [1.807, 2.05) is 62.0 Å². The van der Waals surface area contributed by atoms with Crippen molar-refractivity contribution in [2.24, 2.45) is 0 Å². The Kier molecular flexibility index (Phi) is 6.92. The number of amides is 1. The van der Waals surface area contributed by atoms with Crippen LogP contribution < -0.4 is 4.74 Å². The molecule has 178 valence electrons. The molecular formula is C26H27N7O2. The molecule has 5 rings (SSSR count). The highest BCUT2D eigenvalue weighted by molar-refractivity contribution is 5.87. The summed E-state index contributed by atoms with van der Waals surface area (Å²) in [6, 6.07) is 11.7. The summed E-state index contributed by atoms with van der Waals surface area (Å²) in [4.78, 5) is 18.1. The largest absolute Gasteiger partial charge is 0.482 e. The molecule has 0 saturated heterocycles. The molecule has 0 aromatic carbocycles. The van der Waals surface area contributed by atoms with Gasteiger partial charge in [0.2, 0.25) is 5.91 Å². The van der Waals surface area contributed by atoms with Crippen LogP contribution in [0.3, 0.4) is 0 Å². The number of rotatable bonds is 5. The van der Waals surface area contributed by atoms with E-state index in [0.29, 0.717) is 36.5 Å². The van der Waals surface area contributed by atoms with E-state index in [9.17, 15) is 10.1 Å². The monoisotopic (exact) mass is 469 g/mol. The van der Waals surface area contributed by atoms with E-state index in [1.54, 1.807) is 15.6 Å². The van der Waals surface area contributed by atoms with Crippen LogP contribution in [0.2, 0.25) is 0 Å². The molecule has 1 atom stereocenters. The Morgan fingerprint density at radius 1 is 1.29 bits per heavy atom. The fraction of sp³-hybridized carbons (Fsp3) is 0.269. The third-order valence-corrected chi connectivity index (χ3v) is 5.69. The van der Waals surface area contributed by atoms with Crippen molar-refractivity contribution in [1.82, 2.24) is 29.3 Å². The summed E-state index contributed by atoms with van der Waals surface area (Å²) in [7, 11) is 0. The van der Waals surface area contributed by atoms with Crippen molar-refractivity contribution < 1.29 is 9.53 Å². The summed E-state index contributed by atoms with van der Waals surface area (Å²) in [5, 5.41) is 18.6. The van der Waals surface area contributed by atoms with E-state index in [1.165, 1.54) is 12.3 Å². The van der Waals surface area contributed by atoms with Crippen molar-refractivity contribution in [3.63, 3.8) is 0 Å². The van der Waals surface area contributed by atoms with Gasteiger partial charge < -0.3 is 9.64 Å². The van der Waals surface area contributed by atoms with E-state index in [4.69, 9.17) is 9.84 Å². The molecule has 0 saturated carbocycles. The third-order valence-electron chi connectivity index (χ3n) is 5.69. The first-order valence-electron chi connectivity index (χ1n) is 11.5. The molecule has 5 heterocycles. The van der Waals surface area contributed by atoms with Crippen LogP contribution in [0.25, 0.3) is 16.8 Å². The van der Waals surface area contributed by atoms with Crippen molar-refractivity contribution in [3.8, 4) is 23.1 Å². The summed E-state index contributed by atoms with van der Waals surface area (Å²) < 4.78 is 9.82. The van der Waals surface area contributed by atoms with Crippen LogP contribution in [-0.4, -0.2) is 41.7 Å². The Bertz CT molecular complexity index is 1400. The van der Waals surface area contributed by atoms with Crippen LogP contribution >= 0.6 is 0 Å². The lowest BCUT2D eigenvalue weighted by Gasteiger charge is -2.26. The molecular weight excluding hydrogens is 442 g/mol. The number of hydrogen-bond acceptors (Lipinski definition) is 6. The molecule has 9 nitrogen and oxygen atoms in total. The minimum absolute atomic E-state index is 0.0924. The molecule has 1 amide bonds. The van der Waals surface area contributed by atoms with Crippen molar-refractivity contribution in [1.29, 1.82) is 5.26 Å². The fourth-order valence-corrected chi connectivity index (χ4v) is 3.99. The van der Waals surface area contributed by atoms with Crippen LogP contribution in [0.4, 0.5) is 0 Å². The van der Waals surface area contributed by atoms with Crippen LogP contribution in [0.15, 0.2) is 61.6 Å². The van der Waals surface area contributed by atoms with E-state index in [0.717, 1.165) is 22.6 Å². The summed E-state index contributed by atoms with van der Waals surface area (Å²) in [5.41, 5.74) is 4.27. The van der Waals surface area contributed by atoms with Crippen LogP contribution in [0.1, 0.15) is 43.8 Å². The maximum absolute atomic E-state index is 12.0. The Balaban J connectivity index is 0.00000141. The maximum Gasteiger partial charge on any atom is 0.246 e. The number of ether oxygens (including phenoxy) is 1. The first-order valence-corrected chi connectivity index (χ1v) is 11.5. The highest BCUT2D eigenvalue weighted by Gasteiger charge is 2.23. The molecule has 1 aliphatic heterocycles. The van der Waals surface area contributed by atoms with Gasteiger partial charge in [0.25, 0.3) is 0 Å². The van der Waals surface area contributed by atoms with Gasteiger partial charge in [0.05, 0.1) is 36.4 Å². The van der Waals surface area contributed by atoms with E-state index >= 15 is 0 Å². The molecule has 0 bridgehead atoms. The van der Waals surface area contributed by atoms with Crippen LogP contribution in [0, 0.1) is 11.3 Å². The second-order valence-corrected chi connectivity index (χ2v) is 7.78. The van der Waals surface area contributed by atoms with Crippen molar-refractivity contribution in [2.45, 2.75) is 40.0 Å². The molecule has 4 aromatic rings. The molecule has 4 aromatic heterocycles. The normalized spacial score (nSPS) is 13.3. The minimum atomic E-state index is -0.333. The predicted molar refractivity (Wildman–Crippen MR) is 131 cm³/mol. The highest BCUT2D eigenvalue weighted by atomic mass is 16.5. The number of pyridine rings is 2. The summed E-state index contributed by atoms with van der Waals surface area (Å²) >= 11 is 0. The number of carbonyl (C=O) groups is 1. The molecule has 1 unspecified atom stereocenters. The maximum atomic E-state index is 12.0. The zero-order valence-corrected chi connectivity index (χ0v) is 20.0. The molecule has 0 N–H and O–H groups in total. The molecule has 0 fully saturated rings. The molecule has 1 aliphatic rings. The minimum Gasteiger partial charge on any atom is -0.482 e. The lowest BCUT2D eigenvalue weighted by atomic mass is 10.1. The Morgan fingerprint density at radius 3 is 2.83 bits per heavy atom. The van der Waals surface area contributed by atoms with Crippen LogP contribution in [-0.2, 0) is 17.9 Å². The van der Waals surface area contributed by atoms with Crippen molar-refractivity contribution in [2.75, 3.05) is 6.54 Å². The van der Waals surface area contributed by atoms with Gasteiger partial charge in [0, 0.05) is 24.5 Å². The number of carbonyl (C=O) groups excluding carboxylic acids is 1. The predicted octanol–water partition coefficient (Wildman–Crippen LogP) is 4.16. The van der Waals surface area contributed by atoms with Gasteiger partial charge >= 0.3 is 0 Å². The van der Waals surface area contributed by atoms with Gasteiger partial charge in [0.1, 0.15) is 29.0 Å². The first-order chi connectivity index (χ1) is 17.1. The highest BCUT2D eigenvalue weighted by Crippen LogP contribution is 2.33. The van der Waals surface area contributed by atoms with Gasteiger partial charge in [-0.25, -0.2) is 4.52 Å². The van der Waals surface area contributed by atoms with Crippen molar-refractivity contribution in [3.05, 3.63) is 78.5 Å². The van der Waals surface area contributed by atoms with E-state index in [2.05, 4.69) is 22.7 Å². The number of aromatic nitrogens is 5. The van der Waals surface area contributed by atoms with Gasteiger partial charge in [-0.15, -0.1) is 0 Å². The van der Waals surface area contributed by atoms with Gasteiger partial charge in [-0.3, -0.25) is 14.5 Å². The molecule has 0 radical (unpaired) electrons. The lowest BCUT2D eigenvalue weighted by molar-refractivity contribution is -0.127. The Labute approximate surface area is 203 Å². The zero-order valence-electron chi connectivity index (χ0n) is 20.0. The zero-order chi connectivity index (χ0) is 24.9. The third kappa shape index (κ3) is 4.64. The summed E-state index contributed by atoms with van der Waals surface area (Å²) in [6.07, 6.45) is 6.07. The van der Waals surface area contributed by atoms with Gasteiger partial charge in [-0.1, -0.05) is 26.5 Å². The van der Waals surface area contributed by atoms with Crippen LogP contribution in [0.5, 0.6) is 5.75 Å². The fourth-order valence-electron chi connectivity index (χ4n) is 3.99. The first kappa shape index (κ1) is 23.7. The average Bonchev–Trinajstić information content (AvgIpc) is 3.53. The SMILES string of the molecule is C=CC(=O)N1CCn2nc(-c3cc(OC(C)c4ccccn4)c4c(C#N)cnn4c3)cc2C1.CC. The number of nitrogens with zero attached hydrogens (tertiary/aromatic N) is 7. The van der Waals surface area contributed by atoms with Crippen molar-refractivity contribution >= 4 is 11.4 Å². The quantitative estimate of drug-likeness (QED) is 0.407. The Morgan fingerprint density at radius 2 is 2.11 bits per heavy atom. The Hall–Kier alpha value is -4.45. The molecule has 0 aliphatic carbocycles. The second kappa shape index (κ2) is 10.2. The standard InChI is InChI=1S/C24H21N7O2.C2H6/c1-3-23(32)29-8-9-30-19(15-29)11-21(28-30)17-10-22(24-18(12-25)13-27-31(24)14-17)33-16(2)20-6-4-5-7-26-20;1-2/h3-7,10-11,13-14,16H,1,8-9,15H2,2H3;1-2H3. The summed E-state index contributed by atoms with van der Waals surface area (Å²) in [5.74, 6) is 0.430. The topological polar surface area (TPSA) is 101 Å². The summed E-state index contributed by atoms with van der Waals surface area (Å²) in [6.45, 7) is 11.1. The molecule has 35 heavy (non-hydrogen) atoms. The lowest BCUT2D eigenvalue weighted by Crippen LogP contribution is -2.37. The smallest absolute Gasteiger partial charge is 0.246 e. The van der Waals surface area contributed by atoms with E-state index in [-0.39, 0.29) is 12.0 Å². The van der Waals surface area contributed by atoms with Gasteiger partial charge in [-0.05, 0) is 37.3 Å². The second-order valence-electron chi connectivity index (χ2n) is 7.78. The van der Waals surface area contributed by atoms with E-state index < -0.39 is 0 Å². The molecule has 9 heteroatoms. The average molecular weight is 470 g/mol. The van der Waals surface area contributed by atoms with Gasteiger partial charge in [0.15, 0.2) is 0 Å².